The molecule has 0 spiro atoms. The van der Waals surface area contributed by atoms with Crippen molar-refractivity contribution < 1.29 is 8.42 Å². The second kappa shape index (κ2) is 3.55. The van der Waals surface area contributed by atoms with Crippen LogP contribution in [0.2, 0.25) is 0 Å². The molecule has 2 fully saturated rings. The summed E-state index contributed by atoms with van der Waals surface area (Å²) < 4.78 is 25.8. The van der Waals surface area contributed by atoms with Crippen molar-refractivity contribution in [1.82, 2.24) is 10.0 Å². The topological polar surface area (TPSA) is 58.2 Å². The lowest BCUT2D eigenvalue weighted by Crippen LogP contribution is -2.46. The first kappa shape index (κ1) is 9.43. The van der Waals surface area contributed by atoms with Crippen LogP contribution >= 0.6 is 0 Å². The van der Waals surface area contributed by atoms with E-state index in [1.165, 1.54) is 0 Å². The van der Waals surface area contributed by atoms with Gasteiger partial charge in [-0.1, -0.05) is 0 Å². The Morgan fingerprint density at radius 1 is 1.23 bits per heavy atom. The molecule has 76 valence electrons. The maximum atomic E-state index is 11.5. The van der Waals surface area contributed by atoms with E-state index in [-0.39, 0.29) is 11.3 Å². The molecule has 1 saturated heterocycles. The maximum Gasteiger partial charge on any atom is 0.214 e. The molecule has 13 heavy (non-hydrogen) atoms. The van der Waals surface area contributed by atoms with Crippen LogP contribution in [0.1, 0.15) is 25.7 Å². The zero-order valence-electron chi connectivity index (χ0n) is 7.62. The highest BCUT2D eigenvalue weighted by atomic mass is 32.2. The first-order valence-corrected chi connectivity index (χ1v) is 6.45. The summed E-state index contributed by atoms with van der Waals surface area (Å²) in [4.78, 5) is 0. The van der Waals surface area contributed by atoms with E-state index in [1.54, 1.807) is 0 Å². The summed E-state index contributed by atoms with van der Waals surface area (Å²) in [5.74, 6) is 0. The molecule has 1 saturated carbocycles. The molecule has 2 rings (SSSR count). The third kappa shape index (κ3) is 2.42. The summed E-state index contributed by atoms with van der Waals surface area (Å²) in [5.41, 5.74) is 0. The molecular weight excluding hydrogens is 188 g/mol. The third-order valence-electron chi connectivity index (χ3n) is 2.59. The highest BCUT2D eigenvalue weighted by Crippen LogP contribution is 2.27. The molecule has 0 aromatic heterocycles. The van der Waals surface area contributed by atoms with Gasteiger partial charge in [-0.25, -0.2) is 13.1 Å². The van der Waals surface area contributed by atoms with Crippen LogP contribution in [0.15, 0.2) is 0 Å². The van der Waals surface area contributed by atoms with Gasteiger partial charge in [-0.2, -0.15) is 0 Å². The number of piperidine rings is 1. The SMILES string of the molecule is O=S(=O)(N[C@H]1CCCNC1)C1CC1. The van der Waals surface area contributed by atoms with Gasteiger partial charge in [0.05, 0.1) is 5.25 Å². The van der Waals surface area contributed by atoms with Crippen LogP contribution in [0.25, 0.3) is 0 Å². The van der Waals surface area contributed by atoms with E-state index in [0.717, 1.165) is 38.8 Å². The van der Waals surface area contributed by atoms with Gasteiger partial charge in [-0.15, -0.1) is 0 Å². The van der Waals surface area contributed by atoms with Crippen LogP contribution in [0.4, 0.5) is 0 Å². The average molecular weight is 204 g/mol. The van der Waals surface area contributed by atoms with Gasteiger partial charge in [0.2, 0.25) is 10.0 Å². The van der Waals surface area contributed by atoms with E-state index in [2.05, 4.69) is 10.0 Å². The van der Waals surface area contributed by atoms with Crippen molar-refractivity contribution in [2.75, 3.05) is 13.1 Å². The Morgan fingerprint density at radius 2 is 2.00 bits per heavy atom. The molecule has 1 heterocycles. The van der Waals surface area contributed by atoms with Gasteiger partial charge in [0.25, 0.3) is 0 Å². The molecule has 1 atom stereocenters. The zero-order chi connectivity index (χ0) is 9.31. The molecule has 1 aliphatic heterocycles. The summed E-state index contributed by atoms with van der Waals surface area (Å²) in [6, 6.07) is 0.124. The Balaban J connectivity index is 1.88. The predicted molar refractivity (Wildman–Crippen MR) is 51.0 cm³/mol. The highest BCUT2D eigenvalue weighted by Gasteiger charge is 2.36. The van der Waals surface area contributed by atoms with Crippen molar-refractivity contribution in [1.29, 1.82) is 0 Å². The van der Waals surface area contributed by atoms with E-state index in [0.29, 0.717) is 0 Å². The number of rotatable bonds is 3. The summed E-state index contributed by atoms with van der Waals surface area (Å²) in [6.45, 7) is 1.80. The first-order valence-electron chi connectivity index (χ1n) is 4.90. The molecule has 0 radical (unpaired) electrons. The largest absolute Gasteiger partial charge is 0.315 e. The van der Waals surface area contributed by atoms with Gasteiger partial charge >= 0.3 is 0 Å². The van der Waals surface area contributed by atoms with Crippen molar-refractivity contribution in [3.63, 3.8) is 0 Å². The quantitative estimate of drug-likeness (QED) is 0.670. The van der Waals surface area contributed by atoms with Gasteiger partial charge in [0.1, 0.15) is 0 Å². The van der Waals surface area contributed by atoms with E-state index in [1.807, 2.05) is 0 Å². The van der Waals surface area contributed by atoms with Crippen LogP contribution in [-0.2, 0) is 10.0 Å². The normalized spacial score (nSPS) is 30.3. The third-order valence-corrected chi connectivity index (χ3v) is 4.60. The van der Waals surface area contributed by atoms with E-state index in [4.69, 9.17) is 0 Å². The standard InChI is InChI=1S/C8H16N2O2S/c11-13(12,8-3-4-8)10-7-2-1-5-9-6-7/h7-10H,1-6H2/t7-/m0/s1. The number of hydrogen-bond acceptors (Lipinski definition) is 3. The van der Waals surface area contributed by atoms with Crippen LogP contribution in [0, 0.1) is 0 Å². The van der Waals surface area contributed by atoms with Crippen LogP contribution < -0.4 is 10.0 Å². The van der Waals surface area contributed by atoms with E-state index < -0.39 is 10.0 Å². The molecule has 0 amide bonds. The van der Waals surface area contributed by atoms with Gasteiger partial charge in [0, 0.05) is 12.6 Å². The van der Waals surface area contributed by atoms with Crippen molar-refractivity contribution in [2.24, 2.45) is 0 Å². The van der Waals surface area contributed by atoms with Crippen molar-refractivity contribution in [2.45, 2.75) is 37.0 Å². The van der Waals surface area contributed by atoms with Gasteiger partial charge in [-0.3, -0.25) is 0 Å². The molecule has 0 aromatic rings. The van der Waals surface area contributed by atoms with Crippen LogP contribution in [0.3, 0.4) is 0 Å². The van der Waals surface area contributed by atoms with Crippen LogP contribution in [-0.4, -0.2) is 32.8 Å². The lowest BCUT2D eigenvalue weighted by Gasteiger charge is -2.23. The molecule has 2 aliphatic rings. The molecule has 1 aliphatic carbocycles. The maximum absolute atomic E-state index is 11.5. The van der Waals surface area contributed by atoms with Crippen molar-refractivity contribution in [3.05, 3.63) is 0 Å². The molecule has 2 N–H and O–H groups in total. The Morgan fingerprint density at radius 3 is 2.54 bits per heavy atom. The number of sulfonamides is 1. The predicted octanol–water partition coefficient (Wildman–Crippen LogP) is -0.180. The molecule has 5 heteroatoms. The fourth-order valence-corrected chi connectivity index (χ4v) is 3.27. The molecule has 0 aromatic carbocycles. The van der Waals surface area contributed by atoms with Crippen molar-refractivity contribution in [3.8, 4) is 0 Å². The monoisotopic (exact) mass is 204 g/mol. The van der Waals surface area contributed by atoms with Crippen molar-refractivity contribution >= 4 is 10.0 Å². The molecule has 0 bridgehead atoms. The average Bonchev–Trinajstić information content (AvgIpc) is 2.87. The molecule has 0 unspecified atom stereocenters. The number of nitrogens with one attached hydrogen (secondary N) is 2. The lowest BCUT2D eigenvalue weighted by molar-refractivity contribution is 0.428. The smallest absolute Gasteiger partial charge is 0.214 e. The minimum atomic E-state index is -2.98. The zero-order valence-corrected chi connectivity index (χ0v) is 8.44. The fraction of sp³-hybridized carbons (Fsp3) is 1.00. The lowest BCUT2D eigenvalue weighted by atomic mass is 10.1. The van der Waals surface area contributed by atoms with Gasteiger partial charge in [0.15, 0.2) is 0 Å². The first-order chi connectivity index (χ1) is 6.18. The fourth-order valence-electron chi connectivity index (χ4n) is 1.66. The Bertz CT molecular complexity index is 266. The second-order valence-corrected chi connectivity index (χ2v) is 5.90. The summed E-state index contributed by atoms with van der Waals surface area (Å²) >= 11 is 0. The summed E-state index contributed by atoms with van der Waals surface area (Å²) in [7, 11) is -2.98. The Hall–Kier alpha value is -0.130. The van der Waals surface area contributed by atoms with Gasteiger partial charge in [-0.05, 0) is 32.2 Å². The molecule has 4 nitrogen and oxygen atoms in total. The summed E-state index contributed by atoms with van der Waals surface area (Å²) in [5, 5.41) is 3.10. The summed E-state index contributed by atoms with van der Waals surface area (Å²) in [6.07, 6.45) is 3.72. The second-order valence-electron chi connectivity index (χ2n) is 3.91. The Kier molecular flexibility index (Phi) is 2.58. The van der Waals surface area contributed by atoms with Gasteiger partial charge < -0.3 is 5.32 Å². The van der Waals surface area contributed by atoms with Crippen LogP contribution in [0.5, 0.6) is 0 Å². The highest BCUT2D eigenvalue weighted by molar-refractivity contribution is 7.90. The molecular formula is C8H16N2O2S. The Labute approximate surface area is 79.1 Å². The van der Waals surface area contributed by atoms with E-state index >= 15 is 0 Å². The van der Waals surface area contributed by atoms with E-state index in [9.17, 15) is 8.42 Å². The minimum absolute atomic E-state index is 0.0885. The number of hydrogen-bond donors (Lipinski definition) is 2. The minimum Gasteiger partial charge on any atom is -0.315 e.